The second kappa shape index (κ2) is 6.38. The van der Waals surface area contributed by atoms with Gasteiger partial charge in [-0.25, -0.2) is 4.79 Å². The lowest BCUT2D eigenvalue weighted by molar-refractivity contribution is -0.121. The van der Waals surface area contributed by atoms with Crippen LogP contribution in [0.25, 0.3) is 11.1 Å². The molecule has 0 bridgehead atoms. The second-order valence-corrected chi connectivity index (χ2v) is 4.93. The van der Waals surface area contributed by atoms with Crippen LogP contribution in [0, 0.1) is 0 Å². The van der Waals surface area contributed by atoms with Gasteiger partial charge in [0.25, 0.3) is 0 Å². The van der Waals surface area contributed by atoms with E-state index in [1.165, 1.54) is 4.57 Å². The van der Waals surface area contributed by atoms with Gasteiger partial charge in [-0.1, -0.05) is 12.1 Å². The van der Waals surface area contributed by atoms with Gasteiger partial charge < -0.3 is 14.6 Å². The lowest BCUT2D eigenvalue weighted by Gasteiger charge is -2.09. The van der Waals surface area contributed by atoms with Gasteiger partial charge in [0, 0.05) is 6.54 Å². The van der Waals surface area contributed by atoms with E-state index in [0.29, 0.717) is 17.6 Å². The van der Waals surface area contributed by atoms with Gasteiger partial charge in [-0.15, -0.1) is 0 Å². The van der Waals surface area contributed by atoms with Gasteiger partial charge in [-0.05, 0) is 39.2 Å². The molecule has 0 unspecified atom stereocenters. The Balaban J connectivity index is 1.96. The van der Waals surface area contributed by atoms with Gasteiger partial charge in [-0.3, -0.25) is 9.36 Å². The number of nitrogens with zero attached hydrogens (tertiary/aromatic N) is 2. The molecule has 0 aliphatic heterocycles. The Bertz CT molecular complexity index is 642. The van der Waals surface area contributed by atoms with Crippen molar-refractivity contribution in [3.8, 4) is 0 Å². The highest BCUT2D eigenvalue weighted by Gasteiger charge is 2.11. The van der Waals surface area contributed by atoms with Gasteiger partial charge in [-0.2, -0.15) is 0 Å². The zero-order chi connectivity index (χ0) is 14.5. The van der Waals surface area contributed by atoms with Crippen LogP contribution in [0.15, 0.2) is 33.5 Å². The van der Waals surface area contributed by atoms with E-state index in [4.69, 9.17) is 4.42 Å². The fourth-order valence-electron chi connectivity index (χ4n) is 1.99. The van der Waals surface area contributed by atoms with Crippen LogP contribution < -0.4 is 11.1 Å². The summed E-state index contributed by atoms with van der Waals surface area (Å²) >= 11 is 0. The summed E-state index contributed by atoms with van der Waals surface area (Å²) in [4.78, 5) is 25.6. The zero-order valence-electron chi connectivity index (χ0n) is 11.8. The molecule has 6 nitrogen and oxygen atoms in total. The number of amides is 1. The highest BCUT2D eigenvalue weighted by molar-refractivity contribution is 5.79. The second-order valence-electron chi connectivity index (χ2n) is 4.93. The molecule has 0 radical (unpaired) electrons. The lowest BCUT2D eigenvalue weighted by atomic mass is 10.3. The molecule has 6 heteroatoms. The van der Waals surface area contributed by atoms with Crippen LogP contribution in [0.4, 0.5) is 0 Å². The van der Waals surface area contributed by atoms with Crippen molar-refractivity contribution < 1.29 is 9.21 Å². The molecule has 108 valence electrons. The Morgan fingerprint density at radius 3 is 2.85 bits per heavy atom. The summed E-state index contributed by atoms with van der Waals surface area (Å²) in [5.74, 6) is -0.688. The maximum absolute atomic E-state index is 11.8. The van der Waals surface area contributed by atoms with Crippen LogP contribution in [0.3, 0.4) is 0 Å². The molecule has 1 amide bonds. The van der Waals surface area contributed by atoms with Crippen LogP contribution in [0.5, 0.6) is 0 Å². The van der Waals surface area contributed by atoms with E-state index in [0.717, 1.165) is 13.0 Å². The van der Waals surface area contributed by atoms with Crippen molar-refractivity contribution in [2.45, 2.75) is 13.0 Å². The SMILES string of the molecule is CN(C)CCCNC(=O)Cn1c(=O)oc2ccccc21. The van der Waals surface area contributed by atoms with Crippen LogP contribution in [0.2, 0.25) is 0 Å². The minimum absolute atomic E-state index is 0.0161. The van der Waals surface area contributed by atoms with Crippen LogP contribution in [0.1, 0.15) is 6.42 Å². The Hall–Kier alpha value is -2.08. The Morgan fingerprint density at radius 1 is 1.35 bits per heavy atom. The molecule has 2 rings (SSSR count). The van der Waals surface area contributed by atoms with Crippen molar-refractivity contribution in [2.24, 2.45) is 0 Å². The number of rotatable bonds is 6. The van der Waals surface area contributed by atoms with E-state index in [2.05, 4.69) is 10.2 Å². The van der Waals surface area contributed by atoms with E-state index in [-0.39, 0.29) is 12.5 Å². The Labute approximate surface area is 117 Å². The van der Waals surface area contributed by atoms with E-state index in [9.17, 15) is 9.59 Å². The van der Waals surface area contributed by atoms with Gasteiger partial charge >= 0.3 is 5.76 Å². The number of hydrogen-bond donors (Lipinski definition) is 1. The fourth-order valence-corrected chi connectivity index (χ4v) is 1.99. The van der Waals surface area contributed by atoms with Crippen LogP contribution >= 0.6 is 0 Å². The predicted molar refractivity (Wildman–Crippen MR) is 76.7 cm³/mol. The summed E-state index contributed by atoms with van der Waals surface area (Å²) in [7, 11) is 3.97. The first kappa shape index (κ1) is 14.3. The minimum atomic E-state index is -0.505. The zero-order valence-corrected chi connectivity index (χ0v) is 11.8. The largest absolute Gasteiger partial charge is 0.420 e. The molecule has 0 spiro atoms. The van der Waals surface area contributed by atoms with Crippen LogP contribution in [-0.4, -0.2) is 42.6 Å². The number of hydrogen-bond acceptors (Lipinski definition) is 4. The first-order valence-corrected chi connectivity index (χ1v) is 6.58. The summed E-state index contributed by atoms with van der Waals surface area (Å²) < 4.78 is 6.42. The number of aromatic nitrogens is 1. The standard InChI is InChI=1S/C14H19N3O3/c1-16(2)9-5-8-15-13(18)10-17-11-6-3-4-7-12(11)20-14(17)19/h3-4,6-7H,5,8-10H2,1-2H3,(H,15,18). The average molecular weight is 277 g/mol. The molecule has 20 heavy (non-hydrogen) atoms. The first-order chi connectivity index (χ1) is 9.58. The molecular formula is C14H19N3O3. The highest BCUT2D eigenvalue weighted by atomic mass is 16.4. The molecule has 1 aromatic carbocycles. The van der Waals surface area contributed by atoms with Gasteiger partial charge in [0.1, 0.15) is 6.54 Å². The Kier molecular flexibility index (Phi) is 4.57. The molecule has 1 aromatic heterocycles. The maximum atomic E-state index is 11.8. The summed E-state index contributed by atoms with van der Waals surface area (Å²) in [6.07, 6.45) is 0.875. The van der Waals surface area contributed by atoms with Crippen molar-refractivity contribution >= 4 is 17.0 Å². The third kappa shape index (κ3) is 3.48. The number of carbonyl (C=O) groups is 1. The number of nitrogens with one attached hydrogen (secondary N) is 1. The predicted octanol–water partition coefficient (Wildman–Crippen LogP) is 0.662. The number of fused-ring (bicyclic) bond motifs is 1. The summed E-state index contributed by atoms with van der Waals surface area (Å²) in [6, 6.07) is 7.07. The molecule has 0 aliphatic rings. The fraction of sp³-hybridized carbons (Fsp3) is 0.429. The summed E-state index contributed by atoms with van der Waals surface area (Å²) in [6.45, 7) is 1.49. The highest BCUT2D eigenvalue weighted by Crippen LogP contribution is 2.11. The molecule has 2 aromatic rings. The number of para-hydroxylation sites is 2. The topological polar surface area (TPSA) is 67.5 Å². The molecule has 0 saturated carbocycles. The van der Waals surface area contributed by atoms with Gasteiger partial charge in [0.05, 0.1) is 5.52 Å². The van der Waals surface area contributed by atoms with Crippen LogP contribution in [-0.2, 0) is 11.3 Å². The van der Waals surface area contributed by atoms with Crippen molar-refractivity contribution in [3.63, 3.8) is 0 Å². The normalized spacial score (nSPS) is 11.2. The number of benzene rings is 1. The van der Waals surface area contributed by atoms with Gasteiger partial charge in [0.15, 0.2) is 5.58 Å². The quantitative estimate of drug-likeness (QED) is 0.788. The number of carbonyl (C=O) groups excluding carboxylic acids is 1. The van der Waals surface area contributed by atoms with Crippen molar-refractivity contribution in [2.75, 3.05) is 27.2 Å². The van der Waals surface area contributed by atoms with Crippen molar-refractivity contribution in [3.05, 3.63) is 34.8 Å². The lowest BCUT2D eigenvalue weighted by Crippen LogP contribution is -2.32. The molecule has 0 saturated heterocycles. The molecule has 1 N–H and O–H groups in total. The van der Waals surface area contributed by atoms with E-state index >= 15 is 0 Å². The van der Waals surface area contributed by atoms with E-state index < -0.39 is 5.76 Å². The molecule has 0 atom stereocenters. The maximum Gasteiger partial charge on any atom is 0.420 e. The summed E-state index contributed by atoms with van der Waals surface area (Å²) in [5, 5.41) is 2.80. The smallest absolute Gasteiger partial charge is 0.408 e. The third-order valence-electron chi connectivity index (χ3n) is 2.98. The van der Waals surface area contributed by atoms with Crippen molar-refractivity contribution in [1.82, 2.24) is 14.8 Å². The Morgan fingerprint density at radius 2 is 2.10 bits per heavy atom. The minimum Gasteiger partial charge on any atom is -0.408 e. The third-order valence-corrected chi connectivity index (χ3v) is 2.98. The summed E-state index contributed by atoms with van der Waals surface area (Å²) in [5.41, 5.74) is 1.14. The van der Waals surface area contributed by atoms with E-state index in [1.54, 1.807) is 18.2 Å². The molecular weight excluding hydrogens is 258 g/mol. The molecule has 0 fully saturated rings. The van der Waals surface area contributed by atoms with Crippen molar-refractivity contribution in [1.29, 1.82) is 0 Å². The molecule has 1 heterocycles. The first-order valence-electron chi connectivity index (χ1n) is 6.58. The molecule has 0 aliphatic carbocycles. The average Bonchev–Trinajstić information content (AvgIpc) is 2.71. The van der Waals surface area contributed by atoms with Gasteiger partial charge in [0.2, 0.25) is 5.91 Å². The monoisotopic (exact) mass is 277 g/mol. The van der Waals surface area contributed by atoms with E-state index in [1.807, 2.05) is 20.2 Å². The number of oxazole rings is 1.